The first-order chi connectivity index (χ1) is 12.1. The number of nitrogens with zero attached hydrogens (tertiary/aromatic N) is 4. The number of benzene rings is 1. The third kappa shape index (κ3) is 3.37. The van der Waals surface area contributed by atoms with Crippen LogP contribution in [0.5, 0.6) is 0 Å². The Morgan fingerprint density at radius 2 is 1.84 bits per heavy atom. The number of rotatable bonds is 4. The Bertz CT molecular complexity index is 947. The zero-order valence-corrected chi connectivity index (χ0v) is 14.6. The molecule has 0 saturated carbocycles. The van der Waals surface area contributed by atoms with Gasteiger partial charge in [-0.05, 0) is 24.5 Å². The minimum Gasteiger partial charge on any atom is -0.328 e. The molecule has 0 amide bonds. The van der Waals surface area contributed by atoms with Crippen molar-refractivity contribution in [3.63, 3.8) is 0 Å². The molecule has 1 aliphatic rings. The molecule has 3 aromatic rings. The average molecular weight is 356 g/mol. The van der Waals surface area contributed by atoms with Crippen LogP contribution in [0.1, 0.15) is 24.4 Å². The molecule has 1 aromatic carbocycles. The van der Waals surface area contributed by atoms with Gasteiger partial charge in [-0.15, -0.1) is 0 Å². The summed E-state index contributed by atoms with van der Waals surface area (Å²) < 4.78 is 27.5. The molecule has 25 heavy (non-hydrogen) atoms. The van der Waals surface area contributed by atoms with Crippen LogP contribution in [0.2, 0.25) is 0 Å². The molecule has 7 heteroatoms. The molecular weight excluding hydrogens is 336 g/mol. The van der Waals surface area contributed by atoms with Gasteiger partial charge in [0.2, 0.25) is 0 Å². The van der Waals surface area contributed by atoms with Gasteiger partial charge in [0, 0.05) is 36.4 Å². The van der Waals surface area contributed by atoms with Crippen LogP contribution >= 0.6 is 0 Å². The van der Waals surface area contributed by atoms with Crippen LogP contribution in [0.3, 0.4) is 0 Å². The van der Waals surface area contributed by atoms with Gasteiger partial charge in [0.05, 0.1) is 18.1 Å². The Balaban J connectivity index is 1.67. The molecular formula is C18H20N4O2S. The average Bonchev–Trinajstić information content (AvgIpc) is 3.27. The van der Waals surface area contributed by atoms with Crippen molar-refractivity contribution in [2.45, 2.75) is 25.4 Å². The first kappa shape index (κ1) is 16.1. The van der Waals surface area contributed by atoms with E-state index in [2.05, 4.69) is 26.8 Å². The fraction of sp³-hybridized carbons (Fsp3) is 0.333. The van der Waals surface area contributed by atoms with Crippen molar-refractivity contribution >= 4 is 9.84 Å². The van der Waals surface area contributed by atoms with Crippen molar-refractivity contribution in [2.75, 3.05) is 11.5 Å². The predicted octanol–water partition coefficient (Wildman–Crippen LogP) is 2.54. The Kier molecular flexibility index (Phi) is 4.17. The number of aromatic nitrogens is 4. The summed E-state index contributed by atoms with van der Waals surface area (Å²) in [6.07, 6.45) is 8.76. The maximum Gasteiger partial charge on any atom is 0.150 e. The highest BCUT2D eigenvalue weighted by molar-refractivity contribution is 7.91. The van der Waals surface area contributed by atoms with Gasteiger partial charge in [-0.25, -0.2) is 13.4 Å². The SMILES string of the molecule is O=S1(=O)CCC(n2ccnc2-c2ccccc2Cn2cccn2)CC1. The number of sulfone groups is 1. The van der Waals surface area contributed by atoms with E-state index < -0.39 is 9.84 Å². The molecule has 4 rings (SSSR count). The van der Waals surface area contributed by atoms with Gasteiger partial charge in [-0.3, -0.25) is 4.68 Å². The molecule has 2 aromatic heterocycles. The maximum absolute atomic E-state index is 11.7. The van der Waals surface area contributed by atoms with Gasteiger partial charge in [0.1, 0.15) is 15.7 Å². The van der Waals surface area contributed by atoms with Crippen molar-refractivity contribution in [2.24, 2.45) is 0 Å². The fourth-order valence-electron chi connectivity index (χ4n) is 3.42. The van der Waals surface area contributed by atoms with E-state index in [0.717, 1.165) is 17.0 Å². The summed E-state index contributed by atoms with van der Waals surface area (Å²) in [6, 6.07) is 10.3. The van der Waals surface area contributed by atoms with Crippen LogP contribution in [-0.4, -0.2) is 39.3 Å². The standard InChI is InChI=1S/C18H20N4O2S/c23-25(24)12-6-16(7-13-25)22-11-9-19-18(22)17-5-2-1-4-15(17)14-21-10-3-8-20-21/h1-5,8-11,16H,6-7,12-14H2. The summed E-state index contributed by atoms with van der Waals surface area (Å²) in [5, 5.41) is 4.28. The second-order valence-corrected chi connectivity index (χ2v) is 8.71. The van der Waals surface area contributed by atoms with Gasteiger partial charge in [0.15, 0.2) is 0 Å². The van der Waals surface area contributed by atoms with Crippen molar-refractivity contribution in [1.29, 1.82) is 0 Å². The summed E-state index contributed by atoms with van der Waals surface area (Å²) in [5.74, 6) is 1.40. The Morgan fingerprint density at radius 1 is 1.04 bits per heavy atom. The predicted molar refractivity (Wildman–Crippen MR) is 95.9 cm³/mol. The molecule has 0 atom stereocenters. The highest BCUT2D eigenvalue weighted by atomic mass is 32.2. The second kappa shape index (κ2) is 6.48. The minimum atomic E-state index is -2.87. The van der Waals surface area contributed by atoms with Crippen molar-refractivity contribution in [3.8, 4) is 11.4 Å². The largest absolute Gasteiger partial charge is 0.328 e. The van der Waals surface area contributed by atoms with Gasteiger partial charge in [0.25, 0.3) is 0 Å². The van der Waals surface area contributed by atoms with Crippen LogP contribution in [0.4, 0.5) is 0 Å². The van der Waals surface area contributed by atoms with Gasteiger partial charge < -0.3 is 4.57 Å². The highest BCUT2D eigenvalue weighted by Gasteiger charge is 2.26. The summed E-state index contributed by atoms with van der Waals surface area (Å²) in [5.41, 5.74) is 2.21. The molecule has 1 aliphatic heterocycles. The van der Waals surface area contributed by atoms with Crippen LogP contribution in [0, 0.1) is 0 Å². The smallest absolute Gasteiger partial charge is 0.150 e. The Hall–Kier alpha value is -2.41. The van der Waals surface area contributed by atoms with E-state index in [9.17, 15) is 8.42 Å². The quantitative estimate of drug-likeness (QED) is 0.720. The molecule has 1 saturated heterocycles. The third-order valence-electron chi connectivity index (χ3n) is 4.74. The van der Waals surface area contributed by atoms with Gasteiger partial charge in [-0.2, -0.15) is 5.10 Å². The van der Waals surface area contributed by atoms with E-state index in [1.54, 1.807) is 12.4 Å². The monoisotopic (exact) mass is 356 g/mol. The van der Waals surface area contributed by atoms with E-state index in [4.69, 9.17) is 0 Å². The highest BCUT2D eigenvalue weighted by Crippen LogP contribution is 2.30. The van der Waals surface area contributed by atoms with E-state index in [0.29, 0.717) is 19.4 Å². The Morgan fingerprint density at radius 3 is 2.60 bits per heavy atom. The molecule has 0 unspecified atom stereocenters. The topological polar surface area (TPSA) is 69.8 Å². The molecule has 1 fully saturated rings. The van der Waals surface area contributed by atoms with Crippen molar-refractivity contribution in [1.82, 2.24) is 19.3 Å². The lowest BCUT2D eigenvalue weighted by Crippen LogP contribution is -2.25. The molecule has 0 spiro atoms. The molecule has 130 valence electrons. The number of hydrogen-bond acceptors (Lipinski definition) is 4. The summed E-state index contributed by atoms with van der Waals surface area (Å²) in [6.45, 7) is 0.676. The maximum atomic E-state index is 11.7. The van der Waals surface area contributed by atoms with Gasteiger partial charge in [-0.1, -0.05) is 24.3 Å². The van der Waals surface area contributed by atoms with E-state index in [-0.39, 0.29) is 17.5 Å². The van der Waals surface area contributed by atoms with Crippen LogP contribution in [-0.2, 0) is 16.4 Å². The second-order valence-electron chi connectivity index (χ2n) is 6.40. The lowest BCUT2D eigenvalue weighted by atomic mass is 10.1. The zero-order valence-electron chi connectivity index (χ0n) is 13.8. The zero-order chi connectivity index (χ0) is 17.3. The lowest BCUT2D eigenvalue weighted by Gasteiger charge is -2.25. The van der Waals surface area contributed by atoms with Crippen LogP contribution < -0.4 is 0 Å². The van der Waals surface area contributed by atoms with Crippen LogP contribution in [0.15, 0.2) is 55.1 Å². The molecule has 6 nitrogen and oxygen atoms in total. The molecule has 3 heterocycles. The van der Waals surface area contributed by atoms with E-state index in [1.165, 1.54) is 0 Å². The lowest BCUT2D eigenvalue weighted by molar-refractivity contribution is 0.453. The molecule has 0 radical (unpaired) electrons. The minimum absolute atomic E-state index is 0.179. The third-order valence-corrected chi connectivity index (χ3v) is 6.45. The number of imidazole rings is 1. The number of hydrogen-bond donors (Lipinski definition) is 0. The van der Waals surface area contributed by atoms with Crippen molar-refractivity contribution < 1.29 is 8.42 Å². The normalized spacial score (nSPS) is 17.6. The summed E-state index contributed by atoms with van der Waals surface area (Å²) in [7, 11) is -2.87. The summed E-state index contributed by atoms with van der Waals surface area (Å²) in [4.78, 5) is 4.57. The van der Waals surface area contributed by atoms with E-state index >= 15 is 0 Å². The Labute approximate surface area is 147 Å². The first-order valence-corrected chi connectivity index (χ1v) is 10.2. The summed E-state index contributed by atoms with van der Waals surface area (Å²) >= 11 is 0. The van der Waals surface area contributed by atoms with E-state index in [1.807, 2.05) is 35.3 Å². The van der Waals surface area contributed by atoms with Crippen LogP contribution in [0.25, 0.3) is 11.4 Å². The molecule has 0 aliphatic carbocycles. The first-order valence-electron chi connectivity index (χ1n) is 8.41. The fourth-order valence-corrected chi connectivity index (χ4v) is 4.88. The van der Waals surface area contributed by atoms with Gasteiger partial charge >= 0.3 is 0 Å². The molecule has 0 N–H and O–H groups in total. The van der Waals surface area contributed by atoms with Crippen molar-refractivity contribution in [3.05, 3.63) is 60.7 Å². The molecule has 0 bridgehead atoms.